The standard InChI is InChI=1S/C20H17BrN2O6/c1-20(12-2-3-14-16(7-12)27-5-4-26-14)18(24)23(19(25)22-20)9-11-6-15-17(8-13(11)21)29-10-28-15/h2-3,6-8H,4-5,9-10H2,1H3,(H,22,25)/t20-/m1/s1. The molecule has 8 nitrogen and oxygen atoms in total. The van der Waals surface area contributed by atoms with E-state index in [1.165, 1.54) is 4.90 Å². The number of hydrogen-bond donors (Lipinski definition) is 1. The van der Waals surface area contributed by atoms with Crippen molar-refractivity contribution in [1.29, 1.82) is 0 Å². The molecule has 3 amide bonds. The van der Waals surface area contributed by atoms with Crippen LogP contribution in [0, 0.1) is 0 Å². The minimum atomic E-state index is -1.20. The van der Waals surface area contributed by atoms with E-state index >= 15 is 0 Å². The predicted molar refractivity (Wildman–Crippen MR) is 104 cm³/mol. The van der Waals surface area contributed by atoms with Crippen molar-refractivity contribution in [3.63, 3.8) is 0 Å². The summed E-state index contributed by atoms with van der Waals surface area (Å²) in [4.78, 5) is 27.1. The minimum absolute atomic E-state index is 0.0992. The number of nitrogens with one attached hydrogen (secondary N) is 1. The van der Waals surface area contributed by atoms with E-state index < -0.39 is 11.6 Å². The topological polar surface area (TPSA) is 86.3 Å². The third kappa shape index (κ3) is 2.88. The van der Waals surface area contributed by atoms with Gasteiger partial charge in [0.2, 0.25) is 6.79 Å². The Labute approximate surface area is 174 Å². The van der Waals surface area contributed by atoms with Crippen molar-refractivity contribution in [1.82, 2.24) is 10.2 Å². The number of hydrogen-bond acceptors (Lipinski definition) is 6. The highest BCUT2D eigenvalue weighted by molar-refractivity contribution is 9.10. The first-order chi connectivity index (χ1) is 14.0. The maximum atomic E-state index is 13.3. The van der Waals surface area contributed by atoms with Crippen molar-refractivity contribution in [3.05, 3.63) is 45.9 Å². The molecule has 1 atom stereocenters. The fourth-order valence-electron chi connectivity index (χ4n) is 3.64. The van der Waals surface area contributed by atoms with Crippen LogP contribution in [0.2, 0.25) is 0 Å². The van der Waals surface area contributed by atoms with Crippen LogP contribution < -0.4 is 24.3 Å². The number of nitrogens with zero attached hydrogens (tertiary/aromatic N) is 1. The van der Waals surface area contributed by atoms with E-state index in [0.29, 0.717) is 41.8 Å². The maximum absolute atomic E-state index is 13.3. The van der Waals surface area contributed by atoms with Gasteiger partial charge in [-0.25, -0.2) is 4.79 Å². The second-order valence-corrected chi connectivity index (χ2v) is 7.96. The van der Waals surface area contributed by atoms with E-state index in [4.69, 9.17) is 18.9 Å². The number of ether oxygens (including phenoxy) is 4. The zero-order valence-corrected chi connectivity index (χ0v) is 17.1. The van der Waals surface area contributed by atoms with Crippen LogP contribution in [0.3, 0.4) is 0 Å². The first-order valence-electron chi connectivity index (χ1n) is 9.08. The van der Waals surface area contributed by atoms with Gasteiger partial charge < -0.3 is 24.3 Å². The second-order valence-electron chi connectivity index (χ2n) is 7.10. The maximum Gasteiger partial charge on any atom is 0.325 e. The van der Waals surface area contributed by atoms with E-state index in [0.717, 1.165) is 10.0 Å². The number of urea groups is 1. The summed E-state index contributed by atoms with van der Waals surface area (Å²) in [7, 11) is 0. The van der Waals surface area contributed by atoms with Gasteiger partial charge in [0.1, 0.15) is 18.8 Å². The van der Waals surface area contributed by atoms with Crippen LogP contribution in [-0.2, 0) is 16.9 Å². The Morgan fingerprint density at radius 3 is 2.48 bits per heavy atom. The third-order valence-electron chi connectivity index (χ3n) is 5.26. The number of amides is 3. The quantitative estimate of drug-likeness (QED) is 0.708. The molecule has 29 heavy (non-hydrogen) atoms. The zero-order valence-electron chi connectivity index (χ0n) is 15.5. The molecule has 9 heteroatoms. The summed E-state index contributed by atoms with van der Waals surface area (Å²) in [6.07, 6.45) is 0. The summed E-state index contributed by atoms with van der Waals surface area (Å²) < 4.78 is 22.6. The van der Waals surface area contributed by atoms with Crippen LogP contribution in [0.15, 0.2) is 34.8 Å². The molecular weight excluding hydrogens is 444 g/mol. The highest BCUT2D eigenvalue weighted by Gasteiger charge is 2.49. The molecule has 1 N–H and O–H groups in total. The van der Waals surface area contributed by atoms with Crippen LogP contribution in [0.5, 0.6) is 23.0 Å². The molecule has 150 valence electrons. The number of carbonyl (C=O) groups is 2. The monoisotopic (exact) mass is 460 g/mol. The number of imide groups is 1. The molecule has 0 aliphatic carbocycles. The van der Waals surface area contributed by atoms with Crippen LogP contribution in [0.1, 0.15) is 18.1 Å². The number of fused-ring (bicyclic) bond motifs is 2. The fourth-order valence-corrected chi connectivity index (χ4v) is 4.09. The van der Waals surface area contributed by atoms with Crippen LogP contribution in [0.25, 0.3) is 0 Å². The summed E-state index contributed by atoms with van der Waals surface area (Å²) in [6.45, 7) is 2.86. The molecular formula is C20H17BrN2O6. The van der Waals surface area contributed by atoms with Crippen molar-refractivity contribution >= 4 is 27.9 Å². The molecule has 0 spiro atoms. The van der Waals surface area contributed by atoms with Gasteiger partial charge in [0.05, 0.1) is 6.54 Å². The van der Waals surface area contributed by atoms with Crippen LogP contribution in [-0.4, -0.2) is 36.8 Å². The molecule has 0 saturated carbocycles. The molecule has 0 radical (unpaired) electrons. The van der Waals surface area contributed by atoms with Crippen molar-refractivity contribution in [2.24, 2.45) is 0 Å². The largest absolute Gasteiger partial charge is 0.486 e. The van der Waals surface area contributed by atoms with Crippen LogP contribution >= 0.6 is 15.9 Å². The van der Waals surface area contributed by atoms with Gasteiger partial charge in [0, 0.05) is 4.47 Å². The van der Waals surface area contributed by atoms with Gasteiger partial charge in [0.25, 0.3) is 5.91 Å². The van der Waals surface area contributed by atoms with E-state index in [1.54, 1.807) is 37.3 Å². The van der Waals surface area contributed by atoms with Crippen molar-refractivity contribution in [3.8, 4) is 23.0 Å². The first-order valence-corrected chi connectivity index (χ1v) is 9.87. The van der Waals surface area contributed by atoms with E-state index in [9.17, 15) is 9.59 Å². The Morgan fingerprint density at radius 1 is 1.00 bits per heavy atom. The minimum Gasteiger partial charge on any atom is -0.486 e. The zero-order chi connectivity index (χ0) is 20.2. The van der Waals surface area contributed by atoms with Gasteiger partial charge in [0.15, 0.2) is 23.0 Å². The molecule has 1 fully saturated rings. The lowest BCUT2D eigenvalue weighted by Crippen LogP contribution is -2.41. The van der Waals surface area contributed by atoms with Crippen LogP contribution in [0.4, 0.5) is 4.79 Å². The number of carbonyl (C=O) groups excluding carboxylic acids is 2. The average molecular weight is 461 g/mol. The number of rotatable bonds is 3. The number of halogens is 1. The van der Waals surface area contributed by atoms with Gasteiger partial charge in [-0.3, -0.25) is 9.69 Å². The van der Waals surface area contributed by atoms with Crippen molar-refractivity contribution in [2.75, 3.05) is 20.0 Å². The Bertz CT molecular complexity index is 1040. The molecule has 3 aliphatic heterocycles. The highest BCUT2D eigenvalue weighted by atomic mass is 79.9. The lowest BCUT2D eigenvalue weighted by Gasteiger charge is -2.25. The third-order valence-corrected chi connectivity index (χ3v) is 6.00. The Kier molecular flexibility index (Phi) is 4.09. The van der Waals surface area contributed by atoms with Gasteiger partial charge in [-0.15, -0.1) is 0 Å². The summed E-state index contributed by atoms with van der Waals surface area (Å²) in [6, 6.07) is 8.35. The summed E-state index contributed by atoms with van der Waals surface area (Å²) in [5.74, 6) is 2.06. The lowest BCUT2D eigenvalue weighted by atomic mass is 9.91. The number of benzene rings is 2. The molecule has 1 saturated heterocycles. The Balaban J connectivity index is 1.44. The molecule has 3 heterocycles. The summed E-state index contributed by atoms with van der Waals surface area (Å²) in [5, 5.41) is 2.82. The van der Waals surface area contributed by atoms with E-state index in [2.05, 4.69) is 21.2 Å². The second kappa shape index (κ2) is 6.55. The Hall–Kier alpha value is -2.94. The van der Waals surface area contributed by atoms with Crippen molar-refractivity contribution < 1.29 is 28.5 Å². The summed E-state index contributed by atoms with van der Waals surface area (Å²) >= 11 is 3.48. The molecule has 5 rings (SSSR count). The molecule has 2 aromatic rings. The first kappa shape index (κ1) is 18.1. The smallest absolute Gasteiger partial charge is 0.325 e. The van der Waals surface area contributed by atoms with Gasteiger partial charge in [-0.1, -0.05) is 22.0 Å². The lowest BCUT2D eigenvalue weighted by molar-refractivity contribution is -0.131. The molecule has 0 bridgehead atoms. The normalized spacial score (nSPS) is 22.1. The van der Waals surface area contributed by atoms with E-state index in [1.807, 2.05) is 0 Å². The Morgan fingerprint density at radius 2 is 1.69 bits per heavy atom. The van der Waals surface area contributed by atoms with Gasteiger partial charge in [-0.05, 0) is 42.3 Å². The van der Waals surface area contributed by atoms with Crippen molar-refractivity contribution in [2.45, 2.75) is 19.0 Å². The molecule has 2 aromatic carbocycles. The summed E-state index contributed by atoms with van der Waals surface area (Å²) in [5.41, 5.74) is 0.173. The van der Waals surface area contributed by atoms with Gasteiger partial charge >= 0.3 is 6.03 Å². The highest BCUT2D eigenvalue weighted by Crippen LogP contribution is 2.40. The molecule has 0 aromatic heterocycles. The molecule has 0 unspecified atom stereocenters. The molecule has 3 aliphatic rings. The predicted octanol–water partition coefficient (Wildman–Crippen LogP) is 2.92. The van der Waals surface area contributed by atoms with E-state index in [-0.39, 0.29) is 19.2 Å². The van der Waals surface area contributed by atoms with Gasteiger partial charge in [-0.2, -0.15) is 0 Å². The SMILES string of the molecule is C[C@]1(c2ccc3c(c2)OCCO3)NC(=O)N(Cc2cc3c(cc2Br)OCO3)C1=O. The fraction of sp³-hybridized carbons (Fsp3) is 0.300. The average Bonchev–Trinajstić information content (AvgIpc) is 3.25.